The van der Waals surface area contributed by atoms with Gasteiger partial charge in [0, 0.05) is 26.2 Å². The highest BCUT2D eigenvalue weighted by Crippen LogP contribution is 2.23. The molecular weight excluding hydrogens is 303 g/mol. The molecule has 2 fully saturated rings. The minimum atomic E-state index is -0.625. The number of ether oxygens (including phenoxy) is 2. The molecule has 0 aliphatic carbocycles. The first-order valence-electron chi connectivity index (χ1n) is 7.48. The molecule has 0 N–H and O–H groups in total. The molecule has 23 heavy (non-hydrogen) atoms. The Balaban J connectivity index is 1.87. The maximum Gasteiger partial charge on any atom is 0.256 e. The van der Waals surface area contributed by atoms with Gasteiger partial charge in [-0.15, -0.1) is 0 Å². The van der Waals surface area contributed by atoms with E-state index in [0.29, 0.717) is 18.9 Å². The Morgan fingerprint density at radius 3 is 2.83 bits per heavy atom. The molecule has 2 aliphatic heterocycles. The Labute approximate surface area is 133 Å². The number of likely N-dealkylation sites (N-methyl/N-ethyl adjacent to an activating group) is 1. The molecule has 2 saturated heterocycles. The summed E-state index contributed by atoms with van der Waals surface area (Å²) in [5, 5.41) is 0. The number of hydrogen-bond donors (Lipinski definition) is 0. The molecular formula is C16H19FN2O4. The van der Waals surface area contributed by atoms with E-state index < -0.39 is 17.6 Å². The minimum absolute atomic E-state index is 0.0122. The van der Waals surface area contributed by atoms with E-state index in [1.165, 1.54) is 19.2 Å². The molecule has 2 heterocycles. The number of methoxy groups -OCH3 is 1. The van der Waals surface area contributed by atoms with Crippen LogP contribution in [0.3, 0.4) is 0 Å². The third-order valence-electron chi connectivity index (χ3n) is 4.44. The van der Waals surface area contributed by atoms with Crippen LogP contribution >= 0.6 is 0 Å². The maximum atomic E-state index is 14.2. The van der Waals surface area contributed by atoms with Crippen molar-refractivity contribution in [1.29, 1.82) is 0 Å². The average molecular weight is 322 g/mol. The summed E-state index contributed by atoms with van der Waals surface area (Å²) in [6.45, 7) is 1.25. The second-order valence-electron chi connectivity index (χ2n) is 5.89. The SMILES string of the molecule is COc1ccc(C(=O)N2C[C@@H]3COC[C@H](C2)N(C)C3=O)c(F)c1. The Kier molecular flexibility index (Phi) is 4.21. The van der Waals surface area contributed by atoms with Crippen molar-refractivity contribution in [3.8, 4) is 5.75 Å². The third-order valence-corrected chi connectivity index (χ3v) is 4.44. The van der Waals surface area contributed by atoms with Gasteiger partial charge in [-0.25, -0.2) is 4.39 Å². The summed E-state index contributed by atoms with van der Waals surface area (Å²) >= 11 is 0. The number of nitrogens with zero attached hydrogens (tertiary/aromatic N) is 2. The lowest BCUT2D eigenvalue weighted by atomic mass is 10.1. The number of carbonyl (C=O) groups excluding carboxylic acids is 2. The van der Waals surface area contributed by atoms with Crippen LogP contribution in [-0.4, -0.2) is 68.1 Å². The normalized spacial score (nSPS) is 24.4. The van der Waals surface area contributed by atoms with E-state index in [2.05, 4.69) is 0 Å². The van der Waals surface area contributed by atoms with Crippen LogP contribution in [-0.2, 0) is 9.53 Å². The van der Waals surface area contributed by atoms with E-state index in [1.807, 2.05) is 0 Å². The van der Waals surface area contributed by atoms with Gasteiger partial charge in [-0.2, -0.15) is 0 Å². The molecule has 2 aliphatic rings. The number of fused-ring (bicyclic) bond motifs is 3. The Morgan fingerprint density at radius 1 is 1.35 bits per heavy atom. The van der Waals surface area contributed by atoms with E-state index in [9.17, 15) is 14.0 Å². The topological polar surface area (TPSA) is 59.1 Å². The van der Waals surface area contributed by atoms with Gasteiger partial charge < -0.3 is 19.3 Å². The van der Waals surface area contributed by atoms with Gasteiger partial charge in [-0.1, -0.05) is 0 Å². The highest BCUT2D eigenvalue weighted by Gasteiger charge is 2.39. The van der Waals surface area contributed by atoms with Gasteiger partial charge in [0.1, 0.15) is 11.6 Å². The van der Waals surface area contributed by atoms with Gasteiger partial charge in [0.05, 0.1) is 37.8 Å². The number of benzene rings is 1. The Hall–Kier alpha value is -2.15. The van der Waals surface area contributed by atoms with Gasteiger partial charge >= 0.3 is 0 Å². The zero-order valence-corrected chi connectivity index (χ0v) is 13.1. The molecule has 2 amide bonds. The van der Waals surface area contributed by atoms with Gasteiger partial charge in [0.25, 0.3) is 5.91 Å². The lowest BCUT2D eigenvalue weighted by Gasteiger charge is -2.29. The van der Waals surface area contributed by atoms with Gasteiger partial charge in [0.15, 0.2) is 0 Å². The Bertz CT molecular complexity index is 637. The summed E-state index contributed by atoms with van der Waals surface area (Å²) in [5.41, 5.74) is -0.0122. The second kappa shape index (κ2) is 6.16. The number of halogens is 1. The van der Waals surface area contributed by atoms with Crippen molar-refractivity contribution >= 4 is 11.8 Å². The van der Waals surface area contributed by atoms with Crippen molar-refractivity contribution in [2.75, 3.05) is 40.5 Å². The van der Waals surface area contributed by atoms with Crippen LogP contribution in [0, 0.1) is 11.7 Å². The smallest absolute Gasteiger partial charge is 0.256 e. The van der Waals surface area contributed by atoms with Crippen LogP contribution in [0.2, 0.25) is 0 Å². The third kappa shape index (κ3) is 2.88. The molecule has 3 rings (SSSR count). The van der Waals surface area contributed by atoms with Crippen molar-refractivity contribution in [1.82, 2.24) is 9.80 Å². The molecule has 0 unspecified atom stereocenters. The molecule has 1 aromatic carbocycles. The number of amides is 2. The molecule has 0 radical (unpaired) electrons. The molecule has 1 aromatic rings. The molecule has 7 heteroatoms. The van der Waals surface area contributed by atoms with Crippen LogP contribution in [0.5, 0.6) is 5.75 Å². The predicted octanol–water partition coefficient (Wildman–Crippen LogP) is 0.763. The first kappa shape index (κ1) is 15.7. The summed E-state index contributed by atoms with van der Waals surface area (Å²) in [7, 11) is 3.16. The van der Waals surface area contributed by atoms with Crippen LogP contribution < -0.4 is 4.74 Å². The first-order chi connectivity index (χ1) is 11.0. The Morgan fingerprint density at radius 2 is 2.13 bits per heavy atom. The van der Waals surface area contributed by atoms with Crippen LogP contribution in [0.4, 0.5) is 4.39 Å². The number of hydrogen-bond acceptors (Lipinski definition) is 4. The summed E-state index contributed by atoms with van der Waals surface area (Å²) < 4.78 is 24.6. The summed E-state index contributed by atoms with van der Waals surface area (Å²) in [6.07, 6.45) is 0. The number of rotatable bonds is 2. The van der Waals surface area contributed by atoms with E-state index in [0.717, 1.165) is 0 Å². The van der Waals surface area contributed by atoms with E-state index in [-0.39, 0.29) is 30.7 Å². The monoisotopic (exact) mass is 322 g/mol. The van der Waals surface area contributed by atoms with E-state index in [4.69, 9.17) is 9.47 Å². The fraction of sp³-hybridized carbons (Fsp3) is 0.500. The predicted molar refractivity (Wildman–Crippen MR) is 79.7 cm³/mol. The van der Waals surface area contributed by atoms with Crippen molar-refractivity contribution < 1.29 is 23.5 Å². The molecule has 0 aromatic heterocycles. The first-order valence-corrected chi connectivity index (χ1v) is 7.48. The molecule has 2 atom stereocenters. The fourth-order valence-corrected chi connectivity index (χ4v) is 3.03. The van der Waals surface area contributed by atoms with Gasteiger partial charge in [0.2, 0.25) is 5.91 Å². The fourth-order valence-electron chi connectivity index (χ4n) is 3.03. The summed E-state index contributed by atoms with van der Waals surface area (Å²) in [5.74, 6) is -1.12. The maximum absolute atomic E-state index is 14.2. The zero-order valence-electron chi connectivity index (χ0n) is 13.1. The van der Waals surface area contributed by atoms with E-state index >= 15 is 0 Å². The van der Waals surface area contributed by atoms with Crippen molar-refractivity contribution in [3.63, 3.8) is 0 Å². The molecule has 2 bridgehead atoms. The molecule has 6 nitrogen and oxygen atoms in total. The van der Waals surface area contributed by atoms with Crippen LogP contribution in [0.15, 0.2) is 18.2 Å². The second-order valence-corrected chi connectivity index (χ2v) is 5.89. The van der Waals surface area contributed by atoms with Crippen LogP contribution in [0.25, 0.3) is 0 Å². The summed E-state index contributed by atoms with van der Waals surface area (Å²) in [4.78, 5) is 28.2. The molecule has 0 spiro atoms. The van der Waals surface area contributed by atoms with Crippen LogP contribution in [0.1, 0.15) is 10.4 Å². The van der Waals surface area contributed by atoms with Crippen molar-refractivity contribution in [2.24, 2.45) is 5.92 Å². The quantitative estimate of drug-likeness (QED) is 0.807. The van der Waals surface area contributed by atoms with Crippen molar-refractivity contribution in [3.05, 3.63) is 29.6 Å². The summed E-state index contributed by atoms with van der Waals surface area (Å²) in [6, 6.07) is 3.95. The highest BCUT2D eigenvalue weighted by atomic mass is 19.1. The zero-order chi connectivity index (χ0) is 16.6. The van der Waals surface area contributed by atoms with Gasteiger partial charge in [-0.05, 0) is 12.1 Å². The molecule has 124 valence electrons. The minimum Gasteiger partial charge on any atom is -0.497 e. The largest absolute Gasteiger partial charge is 0.497 e. The number of carbonyl (C=O) groups is 2. The van der Waals surface area contributed by atoms with Crippen molar-refractivity contribution in [2.45, 2.75) is 6.04 Å². The van der Waals surface area contributed by atoms with E-state index in [1.54, 1.807) is 22.9 Å². The van der Waals surface area contributed by atoms with Gasteiger partial charge in [-0.3, -0.25) is 9.59 Å². The lowest BCUT2D eigenvalue weighted by Crippen LogP contribution is -2.45. The lowest BCUT2D eigenvalue weighted by molar-refractivity contribution is -0.133. The highest BCUT2D eigenvalue weighted by molar-refractivity contribution is 5.95. The average Bonchev–Trinajstić information content (AvgIpc) is 2.72. The molecule has 0 saturated carbocycles. The standard InChI is InChI=1S/C16H19FN2O4/c1-18-11-7-19(6-10(15(18)20)8-23-9-11)16(21)13-4-3-12(22-2)5-14(13)17/h3-5,10-11H,6-9H2,1-2H3/t10-,11+/m1/s1.